The van der Waals surface area contributed by atoms with Crippen molar-refractivity contribution in [3.05, 3.63) is 74.7 Å². The van der Waals surface area contributed by atoms with Crippen molar-refractivity contribution in [3.63, 3.8) is 0 Å². The Bertz CT molecular complexity index is 1820. The number of ether oxygens (including phenoxy) is 1. The van der Waals surface area contributed by atoms with Crippen LogP contribution in [0.2, 0.25) is 0 Å². The molecule has 5 aromatic rings. The standard InChI is InChI=1S/C25H29N3O4S2.C5H8N2O/c1-6-20-12-23-24(16(4)26-20)17(5)27-28(23)13-18-8-9-21(19(11-18)14-32-7-2)22-10-15(3)33-25(22)34(29,30)31;1-3-4(2)8-7-5(3)6/h8-12H,6-7,13-14H2,1-5H3,(H,29,30,31);1-2H3,(H2,6,7). The summed E-state index contributed by atoms with van der Waals surface area (Å²) in [5, 5.41) is 9.38. The first-order valence-electron chi connectivity index (χ1n) is 13.6. The summed E-state index contributed by atoms with van der Waals surface area (Å²) in [4.78, 5) is 5.49. The zero-order valence-corrected chi connectivity index (χ0v) is 26.6. The smallest absolute Gasteiger partial charge is 0.304 e. The van der Waals surface area contributed by atoms with E-state index in [1.165, 1.54) is 0 Å². The number of thiophene rings is 1. The number of hydrogen-bond donors (Lipinski definition) is 2. The highest BCUT2D eigenvalue weighted by atomic mass is 32.3. The number of nitrogens with zero attached hydrogens (tertiary/aromatic N) is 4. The van der Waals surface area contributed by atoms with Crippen molar-refractivity contribution in [1.29, 1.82) is 0 Å². The lowest BCUT2D eigenvalue weighted by Gasteiger charge is -2.13. The molecule has 0 aliphatic rings. The van der Waals surface area contributed by atoms with Crippen LogP contribution in [-0.4, -0.2) is 39.5 Å². The maximum atomic E-state index is 12.0. The molecular weight excluding hydrogens is 574 g/mol. The van der Waals surface area contributed by atoms with Gasteiger partial charge in [0.05, 0.1) is 24.4 Å². The zero-order chi connectivity index (χ0) is 30.8. The Morgan fingerprint density at radius 2 is 1.79 bits per heavy atom. The lowest BCUT2D eigenvalue weighted by molar-refractivity contribution is 0.134. The van der Waals surface area contributed by atoms with E-state index in [1.54, 1.807) is 6.07 Å². The van der Waals surface area contributed by atoms with E-state index >= 15 is 0 Å². The third-order valence-corrected chi connectivity index (χ3v) is 9.42. The molecule has 0 unspecified atom stereocenters. The molecule has 4 aromatic heterocycles. The summed E-state index contributed by atoms with van der Waals surface area (Å²) in [7, 11) is -4.33. The van der Waals surface area contributed by atoms with E-state index in [0.717, 1.165) is 78.6 Å². The van der Waals surface area contributed by atoms with Crippen LogP contribution in [0.5, 0.6) is 0 Å². The average Bonchev–Trinajstić information content (AvgIpc) is 3.58. The third-order valence-electron chi connectivity index (χ3n) is 7.01. The second-order valence-corrected chi connectivity index (χ2v) is 13.0. The highest BCUT2D eigenvalue weighted by Gasteiger charge is 2.22. The summed E-state index contributed by atoms with van der Waals surface area (Å²) < 4.78 is 46.1. The quantitative estimate of drug-likeness (QED) is 0.192. The molecule has 10 nitrogen and oxygen atoms in total. The van der Waals surface area contributed by atoms with Gasteiger partial charge < -0.3 is 15.0 Å². The Hall–Kier alpha value is -3.58. The minimum absolute atomic E-state index is 0.0423. The maximum absolute atomic E-state index is 12.0. The molecule has 0 atom stereocenters. The van der Waals surface area contributed by atoms with E-state index in [2.05, 4.69) is 23.1 Å². The number of nitrogen functional groups attached to an aromatic ring is 1. The van der Waals surface area contributed by atoms with Crippen molar-refractivity contribution in [3.8, 4) is 11.1 Å². The Morgan fingerprint density at radius 3 is 2.36 bits per heavy atom. The van der Waals surface area contributed by atoms with Crippen LogP contribution in [0.4, 0.5) is 5.82 Å². The molecule has 3 N–H and O–H groups in total. The fraction of sp³-hybridized carbons (Fsp3) is 0.367. The highest BCUT2D eigenvalue weighted by Crippen LogP contribution is 2.37. The van der Waals surface area contributed by atoms with Crippen molar-refractivity contribution >= 4 is 38.2 Å². The summed E-state index contributed by atoms with van der Waals surface area (Å²) in [5.74, 6) is 1.28. The minimum Gasteiger partial charge on any atom is -0.381 e. The van der Waals surface area contributed by atoms with Gasteiger partial charge in [0.2, 0.25) is 0 Å². The molecule has 1 aromatic carbocycles. The van der Waals surface area contributed by atoms with E-state index in [0.29, 0.717) is 31.1 Å². The Kier molecular flexibility index (Phi) is 9.51. The fourth-order valence-electron chi connectivity index (χ4n) is 4.78. The number of nitrogens with two attached hydrogens (primary N) is 1. The van der Waals surface area contributed by atoms with Crippen LogP contribution in [0.15, 0.2) is 39.1 Å². The largest absolute Gasteiger partial charge is 0.381 e. The van der Waals surface area contributed by atoms with Gasteiger partial charge in [-0.05, 0) is 76.8 Å². The van der Waals surface area contributed by atoms with Crippen molar-refractivity contribution in [1.82, 2.24) is 19.9 Å². The van der Waals surface area contributed by atoms with Crippen molar-refractivity contribution in [2.24, 2.45) is 0 Å². The molecular formula is C30H37N5O5S2. The van der Waals surface area contributed by atoms with Crippen molar-refractivity contribution < 1.29 is 22.2 Å². The molecule has 0 radical (unpaired) electrons. The van der Waals surface area contributed by atoms with Gasteiger partial charge in [-0.2, -0.15) is 13.5 Å². The second-order valence-electron chi connectivity index (χ2n) is 10.1. The maximum Gasteiger partial charge on any atom is 0.304 e. The molecule has 0 aliphatic carbocycles. The van der Waals surface area contributed by atoms with Crippen molar-refractivity contribution in [2.75, 3.05) is 12.3 Å². The molecule has 0 fully saturated rings. The first-order valence-corrected chi connectivity index (χ1v) is 15.9. The van der Waals surface area contributed by atoms with Gasteiger partial charge >= 0.3 is 10.1 Å². The molecule has 224 valence electrons. The van der Waals surface area contributed by atoms with E-state index in [9.17, 15) is 13.0 Å². The minimum atomic E-state index is -4.33. The Morgan fingerprint density at radius 1 is 1.05 bits per heavy atom. The predicted molar refractivity (Wildman–Crippen MR) is 166 cm³/mol. The third kappa shape index (κ3) is 6.73. The van der Waals surface area contributed by atoms with Gasteiger partial charge in [-0.15, -0.1) is 11.3 Å². The molecule has 4 heterocycles. The van der Waals surface area contributed by atoms with Crippen LogP contribution in [0.1, 0.15) is 58.3 Å². The van der Waals surface area contributed by atoms with Crippen LogP contribution in [0.25, 0.3) is 22.0 Å². The molecule has 0 saturated heterocycles. The SMILES string of the molecule is CCOCc1cc(Cn2nc(C)c3c(C)nc(CC)cc32)ccc1-c1cc(C)sc1S(=O)(=O)O.Cc1onc(N)c1C. The predicted octanol–water partition coefficient (Wildman–Crippen LogP) is 6.35. The van der Waals surface area contributed by atoms with E-state index < -0.39 is 10.1 Å². The lowest BCUT2D eigenvalue weighted by atomic mass is 9.99. The highest BCUT2D eigenvalue weighted by molar-refractivity contribution is 7.88. The van der Waals surface area contributed by atoms with Gasteiger partial charge in [0.15, 0.2) is 10.0 Å². The first kappa shape index (κ1) is 31.4. The first-order chi connectivity index (χ1) is 19.8. The molecule has 0 amide bonds. The van der Waals surface area contributed by atoms with E-state index in [-0.39, 0.29) is 4.21 Å². The number of anilines is 1. The van der Waals surface area contributed by atoms with Crippen LogP contribution in [0.3, 0.4) is 0 Å². The summed E-state index contributed by atoms with van der Waals surface area (Å²) in [6.45, 7) is 15.0. The normalized spacial score (nSPS) is 11.6. The Labute approximate surface area is 250 Å². The van der Waals surface area contributed by atoms with Gasteiger partial charge in [0.25, 0.3) is 0 Å². The number of hydrogen-bond acceptors (Lipinski definition) is 9. The van der Waals surface area contributed by atoms with Crippen molar-refractivity contribution in [2.45, 2.75) is 72.2 Å². The Balaban J connectivity index is 0.000000437. The van der Waals surface area contributed by atoms with Gasteiger partial charge in [0.1, 0.15) is 5.76 Å². The molecule has 0 aliphatic heterocycles. The van der Waals surface area contributed by atoms with Gasteiger partial charge in [0, 0.05) is 39.4 Å². The number of pyridine rings is 1. The van der Waals surface area contributed by atoms with Gasteiger partial charge in [-0.25, -0.2) is 0 Å². The topological polar surface area (TPSA) is 146 Å². The number of aromatic nitrogens is 4. The van der Waals surface area contributed by atoms with Crippen LogP contribution in [-0.2, 0) is 34.4 Å². The van der Waals surface area contributed by atoms with E-state index in [4.69, 9.17) is 20.1 Å². The molecule has 0 bridgehead atoms. The van der Waals surface area contributed by atoms with Crippen LogP contribution in [0, 0.1) is 34.6 Å². The molecule has 12 heteroatoms. The molecule has 0 spiro atoms. The van der Waals surface area contributed by atoms with E-state index in [1.807, 2.05) is 64.4 Å². The number of benzene rings is 1. The lowest BCUT2D eigenvalue weighted by Crippen LogP contribution is -2.05. The van der Waals surface area contributed by atoms with Crippen LogP contribution >= 0.6 is 11.3 Å². The van der Waals surface area contributed by atoms with Gasteiger partial charge in [-0.1, -0.05) is 30.3 Å². The van der Waals surface area contributed by atoms with Crippen LogP contribution < -0.4 is 5.73 Å². The summed E-state index contributed by atoms with van der Waals surface area (Å²) in [6.07, 6.45) is 0.852. The molecule has 0 saturated carbocycles. The monoisotopic (exact) mass is 611 g/mol. The number of aryl methyl sites for hydroxylation is 5. The molecule has 5 rings (SSSR count). The summed E-state index contributed by atoms with van der Waals surface area (Å²) >= 11 is 1.07. The number of rotatable bonds is 8. The average molecular weight is 612 g/mol. The summed E-state index contributed by atoms with van der Waals surface area (Å²) in [5.41, 5.74) is 13.4. The number of fused-ring (bicyclic) bond motifs is 1. The van der Waals surface area contributed by atoms with Gasteiger partial charge in [-0.3, -0.25) is 14.2 Å². The summed E-state index contributed by atoms with van der Waals surface area (Å²) in [6, 6.07) is 9.81. The fourth-order valence-corrected chi connectivity index (χ4v) is 6.79. The second kappa shape index (κ2) is 12.7. The molecule has 42 heavy (non-hydrogen) atoms. The zero-order valence-electron chi connectivity index (χ0n) is 25.0.